The highest BCUT2D eigenvalue weighted by molar-refractivity contribution is 5.75. The van der Waals surface area contributed by atoms with Crippen molar-refractivity contribution in [3.63, 3.8) is 0 Å². The molecule has 3 aliphatic rings. The van der Waals surface area contributed by atoms with Crippen molar-refractivity contribution in [2.24, 2.45) is 5.92 Å². The van der Waals surface area contributed by atoms with E-state index in [1.165, 1.54) is 16.9 Å². The Morgan fingerprint density at radius 3 is 2.35 bits per heavy atom. The van der Waals surface area contributed by atoms with Crippen molar-refractivity contribution < 1.29 is 50.8 Å². The van der Waals surface area contributed by atoms with E-state index in [-0.39, 0.29) is 29.8 Å². The van der Waals surface area contributed by atoms with Crippen LogP contribution in [0.15, 0.2) is 48.5 Å². The summed E-state index contributed by atoms with van der Waals surface area (Å²) in [7, 11) is 1.50. The first-order chi connectivity index (χ1) is 22.6. The van der Waals surface area contributed by atoms with Gasteiger partial charge in [0.05, 0.1) is 37.4 Å². The number of hydrogen-bond acceptors (Lipinski definition) is 7. The molecule has 1 aliphatic carbocycles. The van der Waals surface area contributed by atoms with E-state index in [0.717, 1.165) is 17.7 Å². The van der Waals surface area contributed by atoms with Crippen LogP contribution in [-0.4, -0.2) is 64.6 Å². The summed E-state index contributed by atoms with van der Waals surface area (Å²) in [4.78, 5) is 19.1. The molecule has 1 aromatic heterocycles. The van der Waals surface area contributed by atoms with Gasteiger partial charge in [0.2, 0.25) is 6.41 Å². The molecule has 3 fully saturated rings. The zero-order chi connectivity index (χ0) is 34.5. The first kappa shape index (κ1) is 34.0. The number of carboxylic acids is 1. The Kier molecular flexibility index (Phi) is 9.11. The van der Waals surface area contributed by atoms with E-state index in [0.29, 0.717) is 54.3 Å². The molecule has 3 aromatic rings. The molecule has 8 nitrogen and oxygen atoms in total. The maximum atomic E-state index is 14.3. The van der Waals surface area contributed by atoms with Gasteiger partial charge in [0.15, 0.2) is 0 Å². The molecule has 14 heteroatoms. The van der Waals surface area contributed by atoms with E-state index < -0.39 is 61.1 Å². The number of alkyl halides is 5. The van der Waals surface area contributed by atoms with E-state index in [2.05, 4.69) is 0 Å². The fraction of sp³-hybridized carbons (Fsp3) is 0.471. The maximum absolute atomic E-state index is 14.3. The molecule has 6 rings (SSSR count). The molecule has 2 aromatic carbocycles. The predicted octanol–water partition coefficient (Wildman–Crippen LogP) is 6.97. The van der Waals surface area contributed by atoms with E-state index >= 15 is 0 Å². The zero-order valence-electron chi connectivity index (χ0n) is 26.2. The van der Waals surface area contributed by atoms with Crippen molar-refractivity contribution in [1.82, 2.24) is 9.88 Å². The van der Waals surface area contributed by atoms with Crippen molar-refractivity contribution >= 4 is 11.8 Å². The summed E-state index contributed by atoms with van der Waals surface area (Å²) in [6.45, 7) is 0.468. The topological polar surface area (TPSA) is 95.4 Å². The largest absolute Gasteiger partial charge is 0.496 e. The lowest BCUT2D eigenvalue weighted by atomic mass is 9.78. The summed E-state index contributed by atoms with van der Waals surface area (Å²) in [5.41, 5.74) is 1.24. The highest BCUT2D eigenvalue weighted by Crippen LogP contribution is 2.43. The number of hydrogen-bond donors (Lipinski definition) is 2. The van der Waals surface area contributed by atoms with Crippen LogP contribution in [0.3, 0.4) is 0 Å². The summed E-state index contributed by atoms with van der Waals surface area (Å²) >= 11 is 0. The number of aliphatic hydroxyl groups is 1. The molecule has 0 amide bonds. The third-order valence-electron chi connectivity index (χ3n) is 9.61. The number of aliphatic carboxylic acids is 1. The number of halogens is 6. The zero-order valence-corrected chi connectivity index (χ0v) is 26.2. The van der Waals surface area contributed by atoms with Gasteiger partial charge in [-0.15, -0.1) is 0 Å². The number of aromatic nitrogens is 1. The van der Waals surface area contributed by atoms with Crippen LogP contribution in [0.25, 0.3) is 11.1 Å². The molecule has 0 bridgehead atoms. The van der Waals surface area contributed by atoms with Crippen LogP contribution in [0, 0.1) is 11.7 Å². The average molecular weight is 680 g/mol. The smallest absolute Gasteiger partial charge is 0.416 e. The Balaban J connectivity index is 1.35. The molecule has 3 atom stereocenters. The second kappa shape index (κ2) is 12.9. The monoisotopic (exact) mass is 679 g/mol. The van der Waals surface area contributed by atoms with E-state index in [1.807, 2.05) is 12.1 Å². The number of anilines is 1. The lowest BCUT2D eigenvalue weighted by Gasteiger charge is -2.40. The quantitative estimate of drug-likeness (QED) is 0.247. The number of carboxylic acid groups (broad SMARTS) is 1. The van der Waals surface area contributed by atoms with Gasteiger partial charge in [0, 0.05) is 23.7 Å². The van der Waals surface area contributed by atoms with Crippen LogP contribution in [-0.2, 0) is 22.3 Å². The first-order valence-electron chi connectivity index (χ1n) is 15.6. The number of pyridine rings is 1. The predicted molar refractivity (Wildman–Crippen MR) is 162 cm³/mol. The average Bonchev–Trinajstić information content (AvgIpc) is 3.31. The van der Waals surface area contributed by atoms with Crippen molar-refractivity contribution in [1.29, 1.82) is 0 Å². The first-order valence-corrected chi connectivity index (χ1v) is 15.6. The maximum Gasteiger partial charge on any atom is 0.416 e. The normalized spacial score (nSPS) is 25.9. The van der Waals surface area contributed by atoms with Gasteiger partial charge < -0.3 is 24.6 Å². The van der Waals surface area contributed by atoms with Crippen molar-refractivity contribution in [3.8, 4) is 16.9 Å². The highest BCUT2D eigenvalue weighted by Gasteiger charge is 2.45. The minimum absolute atomic E-state index is 0.103. The van der Waals surface area contributed by atoms with Crippen LogP contribution in [0.1, 0.15) is 67.0 Å². The van der Waals surface area contributed by atoms with Crippen LogP contribution in [0.4, 0.5) is 32.2 Å². The van der Waals surface area contributed by atoms with Crippen LogP contribution in [0.5, 0.6) is 5.75 Å². The summed E-state index contributed by atoms with van der Waals surface area (Å²) < 4.78 is 93.6. The standard InChI is InChI=1S/C34H35F6N3O5/c1-18-30(22-11-23(34(38,39)40)14-24(35)12-22)48-32(46)43(18)15-27-25(8-10-29(41-27)42-16-33(36,37)17-42)26-13-21(7-9-28(26)47-2)19-3-5-20(6-4-19)31(44)45/h7-14,18-20,30,32,46H,3-6,15-17H2,1-2H3,(H,44,45)/t18-,19-,20-,30-,32?/m0/s1. The second-order valence-electron chi connectivity index (χ2n) is 12.8. The van der Waals surface area contributed by atoms with Crippen LogP contribution < -0.4 is 9.64 Å². The van der Waals surface area contributed by atoms with Crippen LogP contribution >= 0.6 is 0 Å². The third-order valence-corrected chi connectivity index (χ3v) is 9.61. The van der Waals surface area contributed by atoms with Gasteiger partial charge in [-0.2, -0.15) is 13.2 Å². The fourth-order valence-electron chi connectivity index (χ4n) is 6.96. The molecule has 2 saturated heterocycles. The lowest BCUT2D eigenvalue weighted by molar-refractivity contribution is -0.154. The Morgan fingerprint density at radius 2 is 1.73 bits per heavy atom. The highest BCUT2D eigenvalue weighted by atomic mass is 19.4. The van der Waals surface area contributed by atoms with Gasteiger partial charge in [0.1, 0.15) is 23.5 Å². The van der Waals surface area contributed by atoms with Crippen molar-refractivity contribution in [3.05, 3.63) is 76.7 Å². The second-order valence-corrected chi connectivity index (χ2v) is 12.8. The number of rotatable bonds is 8. The van der Waals surface area contributed by atoms with Crippen molar-refractivity contribution in [2.45, 2.75) is 75.7 Å². The molecule has 0 spiro atoms. The molecular formula is C34H35F6N3O5. The van der Waals surface area contributed by atoms with Gasteiger partial charge in [0.25, 0.3) is 5.92 Å². The minimum Gasteiger partial charge on any atom is -0.496 e. The SMILES string of the molecule is COc1ccc([C@H]2CC[C@H](C(=O)O)CC2)cc1-c1ccc(N2CC(F)(F)C2)nc1CN1C(O)O[C@H](c2cc(F)cc(C(F)(F)F)c2)[C@@H]1C. The summed E-state index contributed by atoms with van der Waals surface area (Å²) in [6.07, 6.45) is -5.07. The molecule has 2 N–H and O–H groups in total. The molecular weight excluding hydrogens is 644 g/mol. The molecule has 2 aliphatic heterocycles. The minimum atomic E-state index is -4.80. The van der Waals surface area contributed by atoms with E-state index in [1.54, 1.807) is 25.1 Å². The number of nitrogens with zero attached hydrogens (tertiary/aromatic N) is 3. The van der Waals surface area contributed by atoms with Gasteiger partial charge in [-0.05, 0) is 92.1 Å². The summed E-state index contributed by atoms with van der Waals surface area (Å²) in [5, 5.41) is 20.4. The molecule has 3 heterocycles. The molecule has 48 heavy (non-hydrogen) atoms. The van der Waals surface area contributed by atoms with E-state index in [9.17, 15) is 41.4 Å². The van der Waals surface area contributed by atoms with Gasteiger partial charge in [-0.25, -0.2) is 23.1 Å². The number of carbonyl (C=O) groups is 1. The van der Waals surface area contributed by atoms with Crippen molar-refractivity contribution in [2.75, 3.05) is 25.1 Å². The molecule has 1 unspecified atom stereocenters. The van der Waals surface area contributed by atoms with E-state index in [4.69, 9.17) is 14.5 Å². The number of benzene rings is 2. The third kappa shape index (κ3) is 6.83. The van der Waals surface area contributed by atoms with Gasteiger partial charge in [-0.1, -0.05) is 6.07 Å². The Labute approximate surface area is 272 Å². The Bertz CT molecular complexity index is 1670. The molecule has 1 saturated carbocycles. The number of methoxy groups -OCH3 is 1. The van der Waals surface area contributed by atoms with Crippen LogP contribution in [0.2, 0.25) is 0 Å². The summed E-state index contributed by atoms with van der Waals surface area (Å²) in [5.74, 6) is -4.28. The molecule has 0 radical (unpaired) electrons. The number of ether oxygens (including phenoxy) is 2. The fourth-order valence-corrected chi connectivity index (χ4v) is 6.96. The summed E-state index contributed by atoms with van der Waals surface area (Å²) in [6, 6.07) is 10.4. The number of aliphatic hydroxyl groups excluding tert-OH is 1. The lowest BCUT2D eigenvalue weighted by Crippen LogP contribution is -2.56. The van der Waals surface area contributed by atoms with Gasteiger partial charge in [-0.3, -0.25) is 4.79 Å². The Morgan fingerprint density at radius 1 is 1.02 bits per heavy atom. The Hall–Kier alpha value is -3.88. The molecule has 258 valence electrons. The van der Waals surface area contributed by atoms with Gasteiger partial charge >= 0.3 is 12.1 Å².